The molecular weight excluding hydrogens is 194 g/mol. The molecule has 1 amide bonds. The van der Waals surface area contributed by atoms with E-state index in [0.29, 0.717) is 6.42 Å². The summed E-state index contributed by atoms with van der Waals surface area (Å²) in [6.07, 6.45) is 1.43. The van der Waals surface area contributed by atoms with Gasteiger partial charge in [0.25, 0.3) is 5.91 Å². The lowest BCUT2D eigenvalue weighted by molar-refractivity contribution is 0.0702. The third kappa shape index (κ3) is 2.10. The molecule has 0 atom stereocenters. The van der Waals surface area contributed by atoms with Crippen molar-refractivity contribution in [3.8, 4) is 5.75 Å². The van der Waals surface area contributed by atoms with Crippen molar-refractivity contribution >= 4 is 5.91 Å². The summed E-state index contributed by atoms with van der Waals surface area (Å²) in [5.41, 5.74) is 3.51. The van der Waals surface area contributed by atoms with Crippen LogP contribution in [0, 0.1) is 0 Å². The van der Waals surface area contributed by atoms with Gasteiger partial charge in [0.15, 0.2) is 0 Å². The van der Waals surface area contributed by atoms with E-state index in [9.17, 15) is 9.90 Å². The predicted molar refractivity (Wildman–Crippen MR) is 56.1 cm³/mol. The van der Waals surface area contributed by atoms with Gasteiger partial charge in [-0.15, -0.1) is 0 Å². The Hall–Kier alpha value is -1.55. The molecule has 0 aliphatic heterocycles. The molecule has 0 saturated carbocycles. The minimum atomic E-state index is -0.667. The van der Waals surface area contributed by atoms with Gasteiger partial charge < -0.3 is 5.11 Å². The van der Waals surface area contributed by atoms with E-state index < -0.39 is 5.91 Å². The second-order valence-electron chi connectivity index (χ2n) is 3.25. The first-order valence-electron chi connectivity index (χ1n) is 4.93. The van der Waals surface area contributed by atoms with Gasteiger partial charge in [0.2, 0.25) is 0 Å². The molecule has 0 unspecified atom stereocenters. The van der Waals surface area contributed by atoms with Crippen LogP contribution in [-0.4, -0.2) is 16.2 Å². The van der Waals surface area contributed by atoms with Crippen LogP contribution >= 0.6 is 0 Å². The van der Waals surface area contributed by atoms with E-state index in [0.717, 1.165) is 17.5 Å². The highest BCUT2D eigenvalue weighted by atomic mass is 16.5. The third-order valence-electron chi connectivity index (χ3n) is 2.45. The number of phenols is 1. The fraction of sp³-hybridized carbons (Fsp3) is 0.364. The van der Waals surface area contributed by atoms with Crippen molar-refractivity contribution in [2.75, 3.05) is 0 Å². The molecular formula is C11H15NO3. The zero-order valence-electron chi connectivity index (χ0n) is 8.87. The summed E-state index contributed by atoms with van der Waals surface area (Å²) in [4.78, 5) is 11.4. The number of aromatic hydroxyl groups is 1. The van der Waals surface area contributed by atoms with Crippen molar-refractivity contribution in [3.05, 3.63) is 28.8 Å². The number of rotatable bonds is 3. The van der Waals surface area contributed by atoms with Gasteiger partial charge in [-0.25, -0.2) is 5.48 Å². The molecule has 0 fully saturated rings. The lowest BCUT2D eigenvalue weighted by atomic mass is 9.96. The largest absolute Gasteiger partial charge is 0.507 e. The van der Waals surface area contributed by atoms with Crippen LogP contribution in [0.25, 0.3) is 0 Å². The molecule has 3 N–H and O–H groups in total. The average molecular weight is 209 g/mol. The summed E-state index contributed by atoms with van der Waals surface area (Å²) >= 11 is 0. The number of benzene rings is 1. The van der Waals surface area contributed by atoms with E-state index in [4.69, 9.17) is 5.21 Å². The molecule has 1 rings (SSSR count). The van der Waals surface area contributed by atoms with E-state index in [1.165, 1.54) is 6.07 Å². The van der Waals surface area contributed by atoms with Crippen LogP contribution in [0.3, 0.4) is 0 Å². The zero-order chi connectivity index (χ0) is 11.4. The second kappa shape index (κ2) is 4.79. The third-order valence-corrected chi connectivity index (χ3v) is 2.45. The maximum atomic E-state index is 11.4. The van der Waals surface area contributed by atoms with Crippen molar-refractivity contribution in [1.82, 2.24) is 5.48 Å². The van der Waals surface area contributed by atoms with Crippen LogP contribution in [0.4, 0.5) is 0 Å². The highest BCUT2D eigenvalue weighted by Crippen LogP contribution is 2.25. The fourth-order valence-corrected chi connectivity index (χ4v) is 1.72. The normalized spacial score (nSPS) is 10.1. The standard InChI is InChI=1S/C11H15NO3/c1-3-7-5-6-9(13)10(8(7)4-2)11(14)12-15/h5-6,13,15H,3-4H2,1-2H3,(H,12,14). The molecule has 4 heteroatoms. The van der Waals surface area contributed by atoms with Gasteiger partial charge in [-0.1, -0.05) is 19.9 Å². The number of carbonyl (C=O) groups excluding carboxylic acids is 1. The van der Waals surface area contributed by atoms with Crippen molar-refractivity contribution in [1.29, 1.82) is 0 Å². The Morgan fingerprint density at radius 3 is 2.47 bits per heavy atom. The molecule has 15 heavy (non-hydrogen) atoms. The Balaban J connectivity index is 3.38. The van der Waals surface area contributed by atoms with Gasteiger partial charge in [0, 0.05) is 0 Å². The number of hydroxylamine groups is 1. The Kier molecular flexibility index (Phi) is 3.68. The van der Waals surface area contributed by atoms with E-state index in [-0.39, 0.29) is 11.3 Å². The van der Waals surface area contributed by atoms with Crippen molar-refractivity contribution in [3.63, 3.8) is 0 Å². The molecule has 0 radical (unpaired) electrons. The molecule has 0 aliphatic carbocycles. The van der Waals surface area contributed by atoms with Crippen molar-refractivity contribution in [2.24, 2.45) is 0 Å². The highest BCUT2D eigenvalue weighted by Gasteiger charge is 2.17. The molecule has 1 aromatic carbocycles. The van der Waals surface area contributed by atoms with Crippen LogP contribution in [-0.2, 0) is 12.8 Å². The van der Waals surface area contributed by atoms with Gasteiger partial charge in [-0.3, -0.25) is 10.0 Å². The summed E-state index contributed by atoms with van der Waals surface area (Å²) in [5.74, 6) is -0.768. The number of hydrogen-bond acceptors (Lipinski definition) is 3. The number of phenolic OH excluding ortho intramolecular Hbond substituents is 1. The van der Waals surface area contributed by atoms with Crippen LogP contribution in [0.5, 0.6) is 5.75 Å². The van der Waals surface area contributed by atoms with Crippen LogP contribution < -0.4 is 5.48 Å². The van der Waals surface area contributed by atoms with E-state index in [1.54, 1.807) is 11.5 Å². The predicted octanol–water partition coefficient (Wildman–Crippen LogP) is 1.64. The lowest BCUT2D eigenvalue weighted by Gasteiger charge is -2.12. The number of nitrogens with one attached hydrogen (secondary N) is 1. The zero-order valence-corrected chi connectivity index (χ0v) is 8.87. The summed E-state index contributed by atoms with van der Waals surface area (Å²) in [6, 6.07) is 3.27. The Labute approximate surface area is 88.5 Å². The molecule has 0 aromatic heterocycles. The Bertz CT molecular complexity index is 374. The van der Waals surface area contributed by atoms with E-state index in [1.807, 2.05) is 13.8 Å². The number of aryl methyl sites for hydroxylation is 1. The van der Waals surface area contributed by atoms with Gasteiger partial charge >= 0.3 is 0 Å². The van der Waals surface area contributed by atoms with Gasteiger partial charge in [-0.2, -0.15) is 0 Å². The SMILES string of the molecule is CCc1ccc(O)c(C(=O)NO)c1CC. The van der Waals surface area contributed by atoms with Gasteiger partial charge in [-0.05, 0) is 30.0 Å². The smallest absolute Gasteiger partial charge is 0.278 e. The maximum absolute atomic E-state index is 11.4. The minimum Gasteiger partial charge on any atom is -0.507 e. The first kappa shape index (κ1) is 11.5. The summed E-state index contributed by atoms with van der Waals surface area (Å²) < 4.78 is 0. The molecule has 0 aliphatic rings. The number of carbonyl (C=O) groups is 1. The molecule has 0 bridgehead atoms. The summed E-state index contributed by atoms with van der Waals surface area (Å²) in [7, 11) is 0. The van der Waals surface area contributed by atoms with Gasteiger partial charge in [0.05, 0.1) is 5.56 Å². The van der Waals surface area contributed by atoms with Crippen LogP contribution in [0.2, 0.25) is 0 Å². The van der Waals surface area contributed by atoms with Crippen molar-refractivity contribution in [2.45, 2.75) is 26.7 Å². The summed E-state index contributed by atoms with van der Waals surface area (Å²) in [6.45, 7) is 3.88. The molecule has 0 saturated heterocycles. The van der Waals surface area contributed by atoms with Crippen LogP contribution in [0.15, 0.2) is 12.1 Å². The van der Waals surface area contributed by atoms with Crippen LogP contribution in [0.1, 0.15) is 35.3 Å². The number of amides is 1. The first-order chi connectivity index (χ1) is 7.15. The van der Waals surface area contributed by atoms with Crippen molar-refractivity contribution < 1.29 is 15.1 Å². The average Bonchev–Trinajstić information content (AvgIpc) is 2.27. The minimum absolute atomic E-state index is 0.101. The molecule has 0 spiro atoms. The first-order valence-corrected chi connectivity index (χ1v) is 4.93. The lowest BCUT2D eigenvalue weighted by Crippen LogP contribution is -2.21. The highest BCUT2D eigenvalue weighted by molar-refractivity contribution is 5.97. The quantitative estimate of drug-likeness (QED) is 0.523. The molecule has 4 nitrogen and oxygen atoms in total. The summed E-state index contributed by atoms with van der Waals surface area (Å²) in [5, 5.41) is 18.2. The monoisotopic (exact) mass is 209 g/mol. The number of hydrogen-bond donors (Lipinski definition) is 3. The second-order valence-corrected chi connectivity index (χ2v) is 3.25. The Morgan fingerprint density at radius 2 is 2.00 bits per heavy atom. The molecule has 1 aromatic rings. The van der Waals surface area contributed by atoms with Gasteiger partial charge in [0.1, 0.15) is 5.75 Å². The van der Waals surface area contributed by atoms with E-state index in [2.05, 4.69) is 0 Å². The topological polar surface area (TPSA) is 69.6 Å². The molecule has 82 valence electrons. The molecule has 0 heterocycles. The maximum Gasteiger partial charge on any atom is 0.278 e. The fourth-order valence-electron chi connectivity index (χ4n) is 1.72. The Morgan fingerprint density at radius 1 is 1.33 bits per heavy atom. The van der Waals surface area contributed by atoms with E-state index >= 15 is 0 Å².